The first-order valence-electron chi connectivity index (χ1n) is 9.76. The highest BCUT2D eigenvalue weighted by Crippen LogP contribution is 2.40. The molecule has 0 bridgehead atoms. The molecule has 1 aromatic carbocycles. The lowest BCUT2D eigenvalue weighted by Crippen LogP contribution is -2.37. The quantitative estimate of drug-likeness (QED) is 0.863. The number of hydrogen-bond acceptors (Lipinski definition) is 3. The van der Waals surface area contributed by atoms with Crippen molar-refractivity contribution in [3.8, 4) is 0 Å². The van der Waals surface area contributed by atoms with E-state index in [4.69, 9.17) is 0 Å². The smallest absolute Gasteiger partial charge is 0.228 e. The predicted octanol–water partition coefficient (Wildman–Crippen LogP) is 3.80. The third-order valence-corrected chi connectivity index (χ3v) is 5.46. The van der Waals surface area contributed by atoms with E-state index in [0.717, 1.165) is 30.8 Å². The third kappa shape index (κ3) is 3.80. The average molecular weight is 349 g/mol. The summed E-state index contributed by atoms with van der Waals surface area (Å²) in [6.07, 6.45) is 7.04. The van der Waals surface area contributed by atoms with E-state index >= 15 is 0 Å². The maximum absolute atomic E-state index is 12.8. The maximum atomic E-state index is 12.8. The Morgan fingerprint density at radius 2 is 2.15 bits per heavy atom. The largest absolute Gasteiger partial charge is 0.312 e. The van der Waals surface area contributed by atoms with E-state index in [0.29, 0.717) is 18.9 Å². The van der Waals surface area contributed by atoms with E-state index in [9.17, 15) is 4.79 Å². The van der Waals surface area contributed by atoms with Crippen LogP contribution in [0.1, 0.15) is 48.5 Å². The van der Waals surface area contributed by atoms with Crippen molar-refractivity contribution >= 4 is 11.6 Å². The van der Waals surface area contributed by atoms with Gasteiger partial charge in [0.15, 0.2) is 0 Å². The van der Waals surface area contributed by atoms with Crippen LogP contribution in [0.4, 0.5) is 5.69 Å². The minimum atomic E-state index is 0.219. The summed E-state index contributed by atoms with van der Waals surface area (Å²) in [6, 6.07) is 12.8. The van der Waals surface area contributed by atoms with E-state index in [1.54, 1.807) is 0 Å². The Hall–Kier alpha value is -2.20. The van der Waals surface area contributed by atoms with Crippen LogP contribution in [0.2, 0.25) is 0 Å². The topological polar surface area (TPSA) is 45.2 Å². The number of carbonyl (C=O) groups is 1. The van der Waals surface area contributed by atoms with Crippen LogP contribution in [0.3, 0.4) is 0 Å². The Balaban J connectivity index is 1.37. The fourth-order valence-corrected chi connectivity index (χ4v) is 3.93. The summed E-state index contributed by atoms with van der Waals surface area (Å²) in [5.41, 5.74) is 4.74. The Morgan fingerprint density at radius 1 is 1.31 bits per heavy atom. The van der Waals surface area contributed by atoms with Crippen molar-refractivity contribution in [2.45, 2.75) is 45.1 Å². The molecule has 4 nitrogen and oxygen atoms in total. The van der Waals surface area contributed by atoms with Gasteiger partial charge in [-0.15, -0.1) is 0 Å². The molecule has 1 atom stereocenters. The zero-order valence-corrected chi connectivity index (χ0v) is 15.4. The number of pyridine rings is 1. The molecule has 0 unspecified atom stereocenters. The number of nitrogens with one attached hydrogen (secondary N) is 1. The van der Waals surface area contributed by atoms with Crippen molar-refractivity contribution < 1.29 is 4.79 Å². The first kappa shape index (κ1) is 17.2. The lowest BCUT2D eigenvalue weighted by molar-refractivity contribution is -0.118. The number of benzene rings is 1. The number of aromatic nitrogens is 1. The van der Waals surface area contributed by atoms with Gasteiger partial charge in [-0.25, -0.2) is 0 Å². The van der Waals surface area contributed by atoms with Crippen LogP contribution in [-0.2, 0) is 11.2 Å². The SMILES string of the molecule is Cc1ccnc([C@@H](NCCC(=O)N2CCCc3ccccc32)C2CC2)c1. The van der Waals surface area contributed by atoms with E-state index < -0.39 is 0 Å². The molecule has 1 fully saturated rings. The number of amides is 1. The summed E-state index contributed by atoms with van der Waals surface area (Å²) in [4.78, 5) is 19.3. The van der Waals surface area contributed by atoms with Crippen molar-refractivity contribution in [2.24, 2.45) is 5.92 Å². The van der Waals surface area contributed by atoms with E-state index in [-0.39, 0.29) is 11.9 Å². The van der Waals surface area contributed by atoms with E-state index in [1.807, 2.05) is 23.2 Å². The lowest BCUT2D eigenvalue weighted by atomic mass is 10.0. The summed E-state index contributed by atoms with van der Waals surface area (Å²) in [5, 5.41) is 3.61. The predicted molar refractivity (Wildman–Crippen MR) is 104 cm³/mol. The van der Waals surface area contributed by atoms with Crippen LogP contribution in [0.25, 0.3) is 0 Å². The minimum absolute atomic E-state index is 0.219. The molecule has 2 aliphatic rings. The van der Waals surface area contributed by atoms with Gasteiger partial charge in [0.1, 0.15) is 0 Å². The van der Waals surface area contributed by atoms with E-state index in [1.165, 1.54) is 24.0 Å². The van der Waals surface area contributed by atoms with Gasteiger partial charge in [0, 0.05) is 31.4 Å². The number of para-hydroxylation sites is 1. The van der Waals surface area contributed by atoms with Gasteiger partial charge in [-0.05, 0) is 67.9 Å². The first-order valence-corrected chi connectivity index (χ1v) is 9.76. The Kier molecular flexibility index (Phi) is 5.02. The number of rotatable bonds is 6. The second kappa shape index (κ2) is 7.58. The summed E-state index contributed by atoms with van der Waals surface area (Å²) in [7, 11) is 0. The molecule has 26 heavy (non-hydrogen) atoms. The minimum Gasteiger partial charge on any atom is -0.312 e. The van der Waals surface area contributed by atoms with Gasteiger partial charge in [0.25, 0.3) is 0 Å². The highest BCUT2D eigenvalue weighted by atomic mass is 16.2. The Labute approximate surface area is 155 Å². The monoisotopic (exact) mass is 349 g/mol. The van der Waals surface area contributed by atoms with Gasteiger partial charge in [0.2, 0.25) is 5.91 Å². The lowest BCUT2D eigenvalue weighted by Gasteiger charge is -2.29. The fraction of sp³-hybridized carbons (Fsp3) is 0.455. The van der Waals surface area contributed by atoms with Crippen molar-refractivity contribution in [3.63, 3.8) is 0 Å². The van der Waals surface area contributed by atoms with E-state index in [2.05, 4.69) is 41.5 Å². The molecule has 0 radical (unpaired) electrons. The number of carbonyl (C=O) groups excluding carboxylic acids is 1. The van der Waals surface area contributed by atoms with Gasteiger partial charge >= 0.3 is 0 Å². The summed E-state index contributed by atoms with van der Waals surface area (Å²) < 4.78 is 0. The van der Waals surface area contributed by atoms with Crippen LogP contribution in [0, 0.1) is 12.8 Å². The molecule has 1 aliphatic heterocycles. The van der Waals surface area contributed by atoms with Crippen LogP contribution < -0.4 is 10.2 Å². The van der Waals surface area contributed by atoms with Crippen molar-refractivity contribution in [1.29, 1.82) is 0 Å². The number of nitrogens with zero attached hydrogens (tertiary/aromatic N) is 2. The summed E-state index contributed by atoms with van der Waals surface area (Å²) in [6.45, 7) is 3.64. The number of aryl methyl sites for hydroxylation is 2. The molecule has 1 aromatic heterocycles. The normalized spacial score (nSPS) is 17.7. The molecule has 0 spiro atoms. The highest BCUT2D eigenvalue weighted by Gasteiger charge is 2.33. The molecule has 2 aromatic rings. The molecule has 1 N–H and O–H groups in total. The summed E-state index contributed by atoms with van der Waals surface area (Å²) in [5.74, 6) is 0.881. The maximum Gasteiger partial charge on any atom is 0.228 e. The zero-order chi connectivity index (χ0) is 17.9. The highest BCUT2D eigenvalue weighted by molar-refractivity contribution is 5.94. The van der Waals surface area contributed by atoms with Crippen LogP contribution in [-0.4, -0.2) is 24.0 Å². The van der Waals surface area contributed by atoms with Gasteiger partial charge in [-0.3, -0.25) is 9.78 Å². The molecule has 0 saturated heterocycles. The van der Waals surface area contributed by atoms with Crippen LogP contribution in [0.5, 0.6) is 0 Å². The van der Waals surface area contributed by atoms with Gasteiger partial charge in [-0.1, -0.05) is 18.2 Å². The number of anilines is 1. The third-order valence-electron chi connectivity index (χ3n) is 5.46. The number of fused-ring (bicyclic) bond motifs is 1. The molecule has 1 amide bonds. The molecular formula is C22H27N3O. The molecular weight excluding hydrogens is 322 g/mol. The average Bonchev–Trinajstić information content (AvgIpc) is 3.49. The molecule has 1 saturated carbocycles. The molecule has 136 valence electrons. The number of hydrogen-bond donors (Lipinski definition) is 1. The van der Waals surface area contributed by atoms with Crippen molar-refractivity contribution in [1.82, 2.24) is 10.3 Å². The Morgan fingerprint density at radius 3 is 2.96 bits per heavy atom. The zero-order valence-electron chi connectivity index (χ0n) is 15.4. The van der Waals surface area contributed by atoms with Crippen LogP contribution >= 0.6 is 0 Å². The first-order chi connectivity index (χ1) is 12.7. The second-order valence-electron chi connectivity index (χ2n) is 7.55. The second-order valence-corrected chi connectivity index (χ2v) is 7.55. The van der Waals surface area contributed by atoms with Crippen LogP contribution in [0.15, 0.2) is 42.6 Å². The molecule has 1 aliphatic carbocycles. The summed E-state index contributed by atoms with van der Waals surface area (Å²) >= 11 is 0. The Bertz CT molecular complexity index is 784. The fourth-order valence-electron chi connectivity index (χ4n) is 3.93. The van der Waals surface area contributed by atoms with Gasteiger partial charge in [0.05, 0.1) is 11.7 Å². The van der Waals surface area contributed by atoms with Gasteiger partial charge < -0.3 is 10.2 Å². The molecule has 2 heterocycles. The van der Waals surface area contributed by atoms with Crippen molar-refractivity contribution in [2.75, 3.05) is 18.0 Å². The van der Waals surface area contributed by atoms with Gasteiger partial charge in [-0.2, -0.15) is 0 Å². The van der Waals surface area contributed by atoms with Crippen molar-refractivity contribution in [3.05, 3.63) is 59.4 Å². The molecule has 4 heteroatoms. The standard InChI is InChI=1S/C22H27N3O/c1-16-10-12-23-19(15-16)22(18-8-9-18)24-13-11-21(26)25-14-4-6-17-5-2-3-7-20(17)25/h2-3,5,7,10,12,15,18,22,24H,4,6,8-9,11,13-14H2,1H3/t22-/m0/s1. The molecule has 4 rings (SSSR count).